The van der Waals surface area contributed by atoms with Crippen molar-refractivity contribution < 1.29 is 17.8 Å². The molecule has 0 aliphatic carbocycles. The van der Waals surface area contributed by atoms with Crippen molar-refractivity contribution in [3.63, 3.8) is 0 Å². The number of nitrogens with zero attached hydrogens (tertiary/aromatic N) is 2. The molecule has 0 radical (unpaired) electrons. The summed E-state index contributed by atoms with van der Waals surface area (Å²) in [6.45, 7) is 21.1. The van der Waals surface area contributed by atoms with Crippen molar-refractivity contribution in [1.29, 1.82) is 0 Å². The summed E-state index contributed by atoms with van der Waals surface area (Å²) in [6.07, 6.45) is 2.74. The predicted octanol–water partition coefficient (Wildman–Crippen LogP) is 6.42. The molecule has 254 valence electrons. The van der Waals surface area contributed by atoms with E-state index in [4.69, 9.17) is 8.23 Å². The minimum Gasteiger partial charge on any atom is -0.437 e. The van der Waals surface area contributed by atoms with Crippen molar-refractivity contribution in [2.75, 3.05) is 58.2 Å². The van der Waals surface area contributed by atoms with Gasteiger partial charge in [0, 0.05) is 38.4 Å². The van der Waals surface area contributed by atoms with E-state index in [9.17, 15) is 9.59 Å². The SMILES string of the molecule is CCNCCN(CCC[Si](C)(C)O[Si](C)(C)O[Si](C)(C)CCCN(C)CCNC=O)C(=O)Nc1ccccc1.c1ccccc1. The van der Waals surface area contributed by atoms with Crippen LogP contribution in [0.15, 0.2) is 66.7 Å². The van der Waals surface area contributed by atoms with E-state index in [1.165, 1.54) is 0 Å². The Morgan fingerprint density at radius 2 is 1.27 bits per heavy atom. The summed E-state index contributed by atoms with van der Waals surface area (Å²) < 4.78 is 13.6. The number of urea groups is 1. The van der Waals surface area contributed by atoms with E-state index in [-0.39, 0.29) is 6.03 Å². The molecule has 0 atom stereocenters. The van der Waals surface area contributed by atoms with E-state index >= 15 is 0 Å². The number of nitrogens with one attached hydrogen (secondary N) is 3. The van der Waals surface area contributed by atoms with Crippen molar-refractivity contribution >= 4 is 43.3 Å². The normalized spacial score (nSPS) is 11.8. The van der Waals surface area contributed by atoms with Crippen LogP contribution in [0.25, 0.3) is 0 Å². The maximum Gasteiger partial charge on any atom is 0.321 e. The molecule has 9 nitrogen and oxygen atoms in total. The lowest BCUT2D eigenvalue weighted by atomic mass is 10.3. The van der Waals surface area contributed by atoms with Gasteiger partial charge in [0.15, 0.2) is 16.6 Å². The molecular weight excluding hydrogens is 615 g/mol. The molecule has 2 aromatic rings. The zero-order valence-corrected chi connectivity index (χ0v) is 32.2. The maximum atomic E-state index is 13.0. The second kappa shape index (κ2) is 22.2. The number of hydrogen-bond donors (Lipinski definition) is 3. The van der Waals surface area contributed by atoms with Gasteiger partial charge in [-0.05, 0) is 96.5 Å². The Hall–Kier alpha value is -2.33. The number of amides is 3. The topological polar surface area (TPSA) is 95.2 Å². The summed E-state index contributed by atoms with van der Waals surface area (Å²) in [5, 5.41) is 9.07. The molecule has 12 heteroatoms. The molecule has 0 aliphatic rings. The average Bonchev–Trinajstić information content (AvgIpc) is 2.97. The third kappa shape index (κ3) is 21.2. The molecule has 3 N–H and O–H groups in total. The van der Waals surface area contributed by atoms with Gasteiger partial charge in [-0.2, -0.15) is 0 Å². The second-order valence-electron chi connectivity index (χ2n) is 13.0. The van der Waals surface area contributed by atoms with E-state index in [1.807, 2.05) is 71.6 Å². The number of para-hydroxylation sites is 1. The van der Waals surface area contributed by atoms with Crippen LogP contribution in [0.3, 0.4) is 0 Å². The van der Waals surface area contributed by atoms with Gasteiger partial charge >= 0.3 is 14.6 Å². The summed E-state index contributed by atoms with van der Waals surface area (Å²) in [6, 6.07) is 23.6. The van der Waals surface area contributed by atoms with Gasteiger partial charge < -0.3 is 34.0 Å². The van der Waals surface area contributed by atoms with Crippen molar-refractivity contribution in [3.05, 3.63) is 66.7 Å². The van der Waals surface area contributed by atoms with Gasteiger partial charge in [0.2, 0.25) is 6.41 Å². The number of carbonyl (C=O) groups is 2. The van der Waals surface area contributed by atoms with E-state index in [0.717, 1.165) is 63.2 Å². The molecule has 0 saturated heterocycles. The van der Waals surface area contributed by atoms with Crippen LogP contribution in [0.1, 0.15) is 19.8 Å². The van der Waals surface area contributed by atoms with Gasteiger partial charge in [0.05, 0.1) is 0 Å². The quantitative estimate of drug-likeness (QED) is 0.0804. The first-order valence-electron chi connectivity index (χ1n) is 16.4. The number of carbonyl (C=O) groups excluding carboxylic acids is 2. The van der Waals surface area contributed by atoms with Crippen LogP contribution < -0.4 is 16.0 Å². The highest BCUT2D eigenvalue weighted by Crippen LogP contribution is 2.26. The lowest BCUT2D eigenvalue weighted by Crippen LogP contribution is -2.52. The van der Waals surface area contributed by atoms with Crippen LogP contribution >= 0.6 is 0 Å². The molecule has 2 aromatic carbocycles. The lowest BCUT2D eigenvalue weighted by Gasteiger charge is -2.39. The van der Waals surface area contributed by atoms with E-state index in [1.54, 1.807) is 0 Å². The number of anilines is 1. The smallest absolute Gasteiger partial charge is 0.321 e. The van der Waals surface area contributed by atoms with Crippen LogP contribution in [0.5, 0.6) is 0 Å². The van der Waals surface area contributed by atoms with Crippen molar-refractivity contribution in [1.82, 2.24) is 20.4 Å². The molecule has 0 bridgehead atoms. The summed E-state index contributed by atoms with van der Waals surface area (Å²) in [5.74, 6) is 0. The molecular formula is C33H61N5O4Si3. The first-order chi connectivity index (χ1) is 21.3. The standard InChI is InChI=1S/C27H55N5O4Si3.C6H6/c1-9-28-18-22-32(27(34)30-26-15-11-10-12-16-26)20-14-24-38(5,6)36-39(7,8)35-37(3,4)23-13-19-31(2)21-17-29-25-33;1-2-4-6-5-3-1/h10-12,15-16,25,28H,9,13-14,17-24H2,1-8H3,(H,29,33)(H,30,34);1-6H. The number of likely N-dealkylation sites (N-methyl/N-ethyl adjacent to an activating group) is 2. The molecule has 0 heterocycles. The predicted molar refractivity (Wildman–Crippen MR) is 197 cm³/mol. The van der Waals surface area contributed by atoms with Gasteiger partial charge in [-0.1, -0.05) is 61.5 Å². The molecule has 2 rings (SSSR count). The third-order valence-corrected chi connectivity index (χ3v) is 18.5. The van der Waals surface area contributed by atoms with Crippen molar-refractivity contribution in [3.8, 4) is 0 Å². The van der Waals surface area contributed by atoms with Crippen LogP contribution in [-0.4, -0.2) is 100 Å². The fourth-order valence-corrected chi connectivity index (χ4v) is 19.2. The maximum absolute atomic E-state index is 13.0. The minimum absolute atomic E-state index is 0.0593. The highest BCUT2D eigenvalue weighted by Gasteiger charge is 2.39. The van der Waals surface area contributed by atoms with Crippen molar-refractivity contribution in [2.24, 2.45) is 0 Å². The Kier molecular flexibility index (Phi) is 20.1. The Morgan fingerprint density at radius 3 is 1.78 bits per heavy atom. The Labute approximate surface area is 277 Å². The molecule has 0 fully saturated rings. The zero-order valence-electron chi connectivity index (χ0n) is 29.2. The third-order valence-electron chi connectivity index (χ3n) is 7.08. The molecule has 0 aliphatic heterocycles. The summed E-state index contributed by atoms with van der Waals surface area (Å²) >= 11 is 0. The van der Waals surface area contributed by atoms with E-state index < -0.39 is 25.2 Å². The van der Waals surface area contributed by atoms with Crippen LogP contribution in [-0.2, 0) is 13.0 Å². The summed E-state index contributed by atoms with van der Waals surface area (Å²) in [7, 11) is -4.06. The molecule has 0 saturated carbocycles. The first-order valence-corrected chi connectivity index (χ1v) is 25.4. The van der Waals surface area contributed by atoms with E-state index in [0.29, 0.717) is 19.6 Å². The van der Waals surface area contributed by atoms with Crippen LogP contribution in [0.2, 0.25) is 51.4 Å². The largest absolute Gasteiger partial charge is 0.437 e. The number of rotatable bonds is 21. The molecule has 0 aromatic heterocycles. The molecule has 3 amide bonds. The van der Waals surface area contributed by atoms with Gasteiger partial charge in [-0.25, -0.2) is 4.79 Å². The lowest BCUT2D eigenvalue weighted by molar-refractivity contribution is -0.109. The second-order valence-corrected chi connectivity index (χ2v) is 25.5. The average molecular weight is 676 g/mol. The van der Waals surface area contributed by atoms with Gasteiger partial charge in [0.1, 0.15) is 0 Å². The summed E-state index contributed by atoms with van der Waals surface area (Å²) in [4.78, 5) is 27.6. The molecule has 45 heavy (non-hydrogen) atoms. The minimum atomic E-state index is -2.30. The zero-order chi connectivity index (χ0) is 33.6. The molecule has 0 unspecified atom stereocenters. The fraction of sp³-hybridized carbons (Fsp3) is 0.576. The molecule has 0 spiro atoms. The van der Waals surface area contributed by atoms with E-state index in [2.05, 4.69) is 74.1 Å². The fourth-order valence-electron chi connectivity index (χ4n) is 5.16. The highest BCUT2D eigenvalue weighted by molar-refractivity contribution is 6.87. The van der Waals surface area contributed by atoms with Crippen molar-refractivity contribution in [2.45, 2.75) is 71.1 Å². The monoisotopic (exact) mass is 675 g/mol. The Bertz CT molecular complexity index is 1020. The van der Waals surface area contributed by atoms with Gasteiger partial charge in [-0.3, -0.25) is 4.79 Å². The summed E-state index contributed by atoms with van der Waals surface area (Å²) in [5.41, 5.74) is 0.812. The Balaban J connectivity index is 0.00000150. The Morgan fingerprint density at radius 1 is 0.756 bits per heavy atom. The van der Waals surface area contributed by atoms with Gasteiger partial charge in [-0.15, -0.1) is 0 Å². The van der Waals surface area contributed by atoms with Crippen LogP contribution in [0.4, 0.5) is 10.5 Å². The van der Waals surface area contributed by atoms with Gasteiger partial charge in [0.25, 0.3) is 0 Å². The highest BCUT2D eigenvalue weighted by atomic mass is 28.5. The number of benzene rings is 2. The van der Waals surface area contributed by atoms with Crippen LogP contribution in [0, 0.1) is 0 Å². The number of hydrogen-bond acceptors (Lipinski definition) is 6. The first kappa shape index (κ1) is 40.7.